The maximum Gasteiger partial charge on any atom is 0.351 e. The molecule has 9 nitrogen and oxygen atoms in total. The number of amides is 1. The van der Waals surface area contributed by atoms with E-state index in [1.807, 2.05) is 55.5 Å². The van der Waals surface area contributed by atoms with Gasteiger partial charge in [-0.05, 0) is 111 Å². The number of halogens is 1. The van der Waals surface area contributed by atoms with Crippen LogP contribution in [0.5, 0.6) is 5.75 Å². The maximum atomic E-state index is 13.6. The predicted molar refractivity (Wildman–Crippen MR) is 173 cm³/mol. The van der Waals surface area contributed by atoms with Crippen LogP contribution in [-0.4, -0.2) is 56.3 Å². The van der Waals surface area contributed by atoms with Crippen LogP contribution in [-0.2, 0) is 19.1 Å². The van der Waals surface area contributed by atoms with Crippen molar-refractivity contribution < 1.29 is 28.6 Å². The Bertz CT molecular complexity index is 1460. The number of rotatable bonds is 10. The number of aryl methyl sites for hydroxylation is 1. The van der Waals surface area contributed by atoms with Crippen LogP contribution in [0, 0.1) is 12.8 Å². The van der Waals surface area contributed by atoms with Crippen LogP contribution in [0.15, 0.2) is 53.0 Å². The lowest BCUT2D eigenvalue weighted by atomic mass is 9.89. The number of carbonyl (C=O) groups excluding carboxylic acids is 3. The Labute approximate surface area is 264 Å². The molecule has 3 aromatic rings. The van der Waals surface area contributed by atoms with Gasteiger partial charge in [0.1, 0.15) is 11.6 Å². The average molecular weight is 673 g/mol. The standard InChI is InChI=1S/C32H38BrN3O6S/c1-19-8-6-10-22(16-19)36-30(38)26(20-12-14-34-15-13-20)35-23-11-7-9-21(17-23)28-25(33)27(29(43-28)31(39)40-5)41-18-24(37)42-32(2,3)4/h6-11,16-17,20,26,34-35H,12-15,18H2,1-5H3,(H,36,38). The van der Waals surface area contributed by atoms with Crippen LogP contribution in [0.2, 0.25) is 0 Å². The van der Waals surface area contributed by atoms with Gasteiger partial charge in [0.15, 0.2) is 17.2 Å². The normalized spacial score (nSPS) is 14.5. The number of methoxy groups -OCH3 is 1. The Morgan fingerprint density at radius 3 is 2.44 bits per heavy atom. The Balaban J connectivity index is 1.60. The SMILES string of the molecule is COC(=O)c1sc(-c2cccc(NC(C(=O)Nc3cccc(C)c3)C3CCNCC3)c2)c(Br)c1OCC(=O)OC(C)(C)C. The fourth-order valence-electron chi connectivity index (χ4n) is 4.89. The molecule has 0 saturated carbocycles. The Hall–Kier alpha value is -3.41. The highest BCUT2D eigenvalue weighted by Gasteiger charge is 2.30. The lowest BCUT2D eigenvalue weighted by Crippen LogP contribution is -2.45. The summed E-state index contributed by atoms with van der Waals surface area (Å²) in [5.74, 6) is -0.875. The largest absolute Gasteiger partial charge is 0.479 e. The quantitative estimate of drug-likeness (QED) is 0.212. The summed E-state index contributed by atoms with van der Waals surface area (Å²) in [5.41, 5.74) is 2.72. The van der Waals surface area contributed by atoms with E-state index in [1.54, 1.807) is 20.8 Å². The summed E-state index contributed by atoms with van der Waals surface area (Å²) in [6.45, 7) is 8.64. The number of anilines is 2. The van der Waals surface area contributed by atoms with E-state index in [0.29, 0.717) is 9.35 Å². The molecule has 1 aliphatic heterocycles. The van der Waals surface area contributed by atoms with E-state index in [9.17, 15) is 14.4 Å². The minimum atomic E-state index is -0.668. The molecule has 1 fully saturated rings. The van der Waals surface area contributed by atoms with Crippen molar-refractivity contribution in [1.82, 2.24) is 5.32 Å². The van der Waals surface area contributed by atoms with Crippen LogP contribution in [0.1, 0.15) is 48.8 Å². The zero-order chi connectivity index (χ0) is 31.1. The number of thiophene rings is 1. The minimum Gasteiger partial charge on any atom is -0.479 e. The first-order valence-electron chi connectivity index (χ1n) is 14.2. The number of piperidine rings is 1. The molecule has 1 atom stereocenters. The Morgan fingerprint density at radius 2 is 1.77 bits per heavy atom. The van der Waals surface area contributed by atoms with Gasteiger partial charge in [-0.2, -0.15) is 0 Å². The third-order valence-corrected chi connectivity index (χ3v) is 9.02. The summed E-state index contributed by atoms with van der Waals surface area (Å²) < 4.78 is 16.6. The number of ether oxygens (including phenoxy) is 3. The molecule has 1 aromatic heterocycles. The summed E-state index contributed by atoms with van der Waals surface area (Å²) in [4.78, 5) is 39.5. The molecule has 1 unspecified atom stereocenters. The third-order valence-electron chi connectivity index (χ3n) is 6.80. The number of nitrogens with one attached hydrogen (secondary N) is 3. The fraction of sp³-hybridized carbons (Fsp3) is 0.406. The average Bonchev–Trinajstić information content (AvgIpc) is 3.30. The van der Waals surface area contributed by atoms with E-state index in [-0.39, 0.29) is 29.1 Å². The molecule has 43 heavy (non-hydrogen) atoms. The highest BCUT2D eigenvalue weighted by molar-refractivity contribution is 9.10. The van der Waals surface area contributed by atoms with Crippen molar-refractivity contribution in [3.63, 3.8) is 0 Å². The van der Waals surface area contributed by atoms with Gasteiger partial charge in [0.25, 0.3) is 0 Å². The molecular weight excluding hydrogens is 634 g/mol. The van der Waals surface area contributed by atoms with Gasteiger partial charge < -0.3 is 30.2 Å². The van der Waals surface area contributed by atoms with E-state index in [1.165, 1.54) is 18.4 Å². The van der Waals surface area contributed by atoms with Gasteiger partial charge in [-0.15, -0.1) is 11.3 Å². The predicted octanol–water partition coefficient (Wildman–Crippen LogP) is 6.41. The van der Waals surface area contributed by atoms with Crippen LogP contribution in [0.3, 0.4) is 0 Å². The molecule has 3 N–H and O–H groups in total. The smallest absolute Gasteiger partial charge is 0.351 e. The summed E-state index contributed by atoms with van der Waals surface area (Å²) >= 11 is 4.77. The van der Waals surface area contributed by atoms with Crippen molar-refractivity contribution >= 4 is 56.5 Å². The molecule has 0 spiro atoms. The zero-order valence-electron chi connectivity index (χ0n) is 25.0. The fourth-order valence-corrected chi connectivity index (χ4v) is 6.85. The van der Waals surface area contributed by atoms with Crippen LogP contribution >= 0.6 is 27.3 Å². The van der Waals surface area contributed by atoms with Gasteiger partial charge in [0.05, 0.1) is 16.5 Å². The van der Waals surface area contributed by atoms with Gasteiger partial charge in [-0.3, -0.25) is 4.79 Å². The molecule has 0 bridgehead atoms. The van der Waals surface area contributed by atoms with E-state index >= 15 is 0 Å². The minimum absolute atomic E-state index is 0.0917. The van der Waals surface area contributed by atoms with Crippen molar-refractivity contribution in [3.05, 3.63) is 63.4 Å². The molecule has 1 saturated heterocycles. The number of hydrogen-bond donors (Lipinski definition) is 3. The summed E-state index contributed by atoms with van der Waals surface area (Å²) in [6.07, 6.45) is 1.74. The van der Waals surface area contributed by atoms with Crippen molar-refractivity contribution in [2.45, 2.75) is 52.2 Å². The van der Waals surface area contributed by atoms with Crippen LogP contribution < -0.4 is 20.7 Å². The molecule has 1 amide bonds. The highest BCUT2D eigenvalue weighted by atomic mass is 79.9. The summed E-state index contributed by atoms with van der Waals surface area (Å²) in [5, 5.41) is 9.96. The topological polar surface area (TPSA) is 115 Å². The summed E-state index contributed by atoms with van der Waals surface area (Å²) in [7, 11) is 1.29. The first kappa shape index (κ1) is 32.5. The maximum absolute atomic E-state index is 13.6. The van der Waals surface area contributed by atoms with Gasteiger partial charge in [-0.25, -0.2) is 9.59 Å². The summed E-state index contributed by atoms with van der Waals surface area (Å²) in [6, 6.07) is 15.0. The monoisotopic (exact) mass is 671 g/mol. The molecular formula is C32H38BrN3O6S. The van der Waals surface area contributed by atoms with Gasteiger partial charge in [0.2, 0.25) is 5.91 Å². The Morgan fingerprint density at radius 1 is 1.07 bits per heavy atom. The molecule has 0 radical (unpaired) electrons. The van der Waals surface area contributed by atoms with Crippen LogP contribution in [0.4, 0.5) is 11.4 Å². The van der Waals surface area contributed by atoms with Crippen molar-refractivity contribution in [2.75, 3.05) is 37.4 Å². The molecule has 4 rings (SSSR count). The molecule has 1 aliphatic rings. The lowest BCUT2D eigenvalue weighted by molar-refractivity contribution is -0.157. The van der Waals surface area contributed by atoms with Crippen molar-refractivity contribution in [2.24, 2.45) is 5.92 Å². The molecule has 2 aromatic carbocycles. The van der Waals surface area contributed by atoms with E-state index in [2.05, 4.69) is 31.9 Å². The van der Waals surface area contributed by atoms with E-state index in [0.717, 1.165) is 48.4 Å². The second kappa shape index (κ2) is 14.4. The van der Waals surface area contributed by atoms with Gasteiger partial charge >= 0.3 is 11.9 Å². The molecule has 230 valence electrons. The van der Waals surface area contributed by atoms with Crippen molar-refractivity contribution in [1.29, 1.82) is 0 Å². The zero-order valence-corrected chi connectivity index (χ0v) is 27.4. The van der Waals surface area contributed by atoms with Crippen molar-refractivity contribution in [3.8, 4) is 16.2 Å². The molecule has 11 heteroatoms. The first-order chi connectivity index (χ1) is 20.4. The van der Waals surface area contributed by atoms with Crippen LogP contribution in [0.25, 0.3) is 10.4 Å². The second-order valence-electron chi connectivity index (χ2n) is 11.4. The van der Waals surface area contributed by atoms with E-state index in [4.69, 9.17) is 14.2 Å². The number of benzene rings is 2. The number of esters is 2. The lowest BCUT2D eigenvalue weighted by Gasteiger charge is -2.31. The van der Waals surface area contributed by atoms with Gasteiger partial charge in [-0.1, -0.05) is 24.3 Å². The Kier molecular flexibility index (Phi) is 10.9. The molecule has 0 aliphatic carbocycles. The third kappa shape index (κ3) is 8.81. The number of hydrogen-bond acceptors (Lipinski definition) is 9. The highest BCUT2D eigenvalue weighted by Crippen LogP contribution is 2.46. The first-order valence-corrected chi connectivity index (χ1v) is 15.8. The molecule has 2 heterocycles. The number of carbonyl (C=O) groups is 3. The van der Waals surface area contributed by atoms with Gasteiger partial charge in [0, 0.05) is 11.4 Å². The second-order valence-corrected chi connectivity index (χ2v) is 13.2. The van der Waals surface area contributed by atoms with E-state index < -0.39 is 23.6 Å².